The number of alkyl halides is 3. The summed E-state index contributed by atoms with van der Waals surface area (Å²) in [6.07, 6.45) is -4.29. The molecule has 0 atom stereocenters. The number of rotatable bonds is 5. The highest BCUT2D eigenvalue weighted by molar-refractivity contribution is 6.35. The molecule has 0 unspecified atom stereocenters. The molecule has 0 saturated carbocycles. The van der Waals surface area contributed by atoms with E-state index in [9.17, 15) is 13.2 Å². The van der Waals surface area contributed by atoms with Crippen molar-refractivity contribution in [3.63, 3.8) is 0 Å². The summed E-state index contributed by atoms with van der Waals surface area (Å²) in [7, 11) is 0. The topological polar surface area (TPSA) is 21.3 Å². The molecule has 0 aliphatic rings. The van der Waals surface area contributed by atoms with E-state index >= 15 is 0 Å². The van der Waals surface area contributed by atoms with Crippen LogP contribution >= 0.6 is 23.2 Å². The Hall–Kier alpha value is -0.650. The van der Waals surface area contributed by atoms with Crippen LogP contribution in [0.1, 0.15) is 0 Å². The lowest BCUT2D eigenvalue weighted by Crippen LogP contribution is -2.20. The molecule has 0 aromatic heterocycles. The number of nitrogens with one attached hydrogen (secondary N) is 1. The molecule has 1 N–H and O–H groups in total. The highest BCUT2D eigenvalue weighted by atomic mass is 35.5. The van der Waals surface area contributed by atoms with Crippen molar-refractivity contribution in [2.24, 2.45) is 0 Å². The average molecular weight is 288 g/mol. The lowest BCUT2D eigenvalue weighted by Gasteiger charge is -2.09. The number of anilines is 1. The third-order valence-electron chi connectivity index (χ3n) is 1.70. The van der Waals surface area contributed by atoms with Gasteiger partial charge in [0.15, 0.2) is 0 Å². The molecule has 0 spiro atoms. The Kier molecular flexibility index (Phi) is 5.36. The molecule has 1 rings (SSSR count). The van der Waals surface area contributed by atoms with Crippen molar-refractivity contribution in [1.29, 1.82) is 0 Å². The summed E-state index contributed by atoms with van der Waals surface area (Å²) in [5.74, 6) is 0. The Morgan fingerprint density at radius 2 is 1.71 bits per heavy atom. The van der Waals surface area contributed by atoms with Crippen LogP contribution in [0.15, 0.2) is 18.2 Å². The van der Waals surface area contributed by atoms with E-state index in [4.69, 9.17) is 23.2 Å². The van der Waals surface area contributed by atoms with Crippen LogP contribution in [-0.2, 0) is 4.74 Å². The third kappa shape index (κ3) is 6.61. The van der Waals surface area contributed by atoms with E-state index in [1.165, 1.54) is 0 Å². The fourth-order valence-corrected chi connectivity index (χ4v) is 1.64. The molecule has 2 nitrogen and oxygen atoms in total. The zero-order chi connectivity index (χ0) is 12.9. The molecule has 0 aliphatic carbocycles. The molecule has 96 valence electrons. The van der Waals surface area contributed by atoms with Crippen molar-refractivity contribution in [2.75, 3.05) is 25.1 Å². The lowest BCUT2D eigenvalue weighted by atomic mass is 10.3. The molecular weight excluding hydrogens is 278 g/mol. The van der Waals surface area contributed by atoms with Gasteiger partial charge in [0.2, 0.25) is 0 Å². The summed E-state index contributed by atoms with van der Waals surface area (Å²) in [6.45, 7) is -1.05. The van der Waals surface area contributed by atoms with Crippen LogP contribution in [0.25, 0.3) is 0 Å². The zero-order valence-corrected chi connectivity index (χ0v) is 10.2. The molecule has 17 heavy (non-hydrogen) atoms. The van der Waals surface area contributed by atoms with E-state index in [1.807, 2.05) is 0 Å². The van der Waals surface area contributed by atoms with Gasteiger partial charge in [-0.3, -0.25) is 0 Å². The first-order chi connectivity index (χ1) is 7.87. The maximum Gasteiger partial charge on any atom is 0.411 e. The normalized spacial score (nSPS) is 11.6. The van der Waals surface area contributed by atoms with Crippen LogP contribution in [0.3, 0.4) is 0 Å². The van der Waals surface area contributed by atoms with Gasteiger partial charge in [-0.05, 0) is 18.2 Å². The number of hydrogen-bond donors (Lipinski definition) is 1. The van der Waals surface area contributed by atoms with E-state index < -0.39 is 12.8 Å². The summed E-state index contributed by atoms with van der Waals surface area (Å²) in [6, 6.07) is 4.81. The maximum absolute atomic E-state index is 11.7. The predicted octanol–water partition coefficient (Wildman–Crippen LogP) is 3.98. The largest absolute Gasteiger partial charge is 0.411 e. The second-order valence-electron chi connectivity index (χ2n) is 3.25. The first-order valence-electron chi connectivity index (χ1n) is 4.71. The van der Waals surface area contributed by atoms with Crippen LogP contribution in [0.2, 0.25) is 10.0 Å². The lowest BCUT2D eigenvalue weighted by molar-refractivity contribution is -0.172. The molecule has 0 heterocycles. The van der Waals surface area contributed by atoms with Crippen molar-refractivity contribution in [3.05, 3.63) is 28.2 Å². The highest BCUT2D eigenvalue weighted by Crippen LogP contribution is 2.22. The van der Waals surface area contributed by atoms with Gasteiger partial charge in [-0.1, -0.05) is 23.2 Å². The van der Waals surface area contributed by atoms with E-state index in [1.54, 1.807) is 18.2 Å². The second-order valence-corrected chi connectivity index (χ2v) is 4.13. The Balaban J connectivity index is 2.27. The van der Waals surface area contributed by atoms with Gasteiger partial charge in [-0.15, -0.1) is 0 Å². The fraction of sp³-hybridized carbons (Fsp3) is 0.400. The first-order valence-corrected chi connectivity index (χ1v) is 5.47. The van der Waals surface area contributed by atoms with E-state index in [-0.39, 0.29) is 13.2 Å². The number of halogens is 5. The Morgan fingerprint density at radius 3 is 2.24 bits per heavy atom. The molecule has 0 fully saturated rings. The van der Waals surface area contributed by atoms with Crippen LogP contribution in [-0.4, -0.2) is 25.9 Å². The Morgan fingerprint density at radius 1 is 1.12 bits per heavy atom. The summed E-state index contributed by atoms with van der Waals surface area (Å²) in [5.41, 5.74) is 0.637. The van der Waals surface area contributed by atoms with E-state index in [0.717, 1.165) is 0 Å². The number of hydrogen-bond acceptors (Lipinski definition) is 2. The minimum absolute atomic E-state index is 0.0519. The highest BCUT2D eigenvalue weighted by Gasteiger charge is 2.27. The number of ether oxygens (including phenoxy) is 1. The van der Waals surface area contributed by atoms with Crippen molar-refractivity contribution in [3.8, 4) is 0 Å². The molecule has 7 heteroatoms. The monoisotopic (exact) mass is 287 g/mol. The first kappa shape index (κ1) is 14.4. The molecule has 1 aromatic rings. The van der Waals surface area contributed by atoms with Crippen LogP contribution < -0.4 is 5.32 Å². The molecule has 0 radical (unpaired) electrons. The maximum atomic E-state index is 11.7. The molecular formula is C10H10Cl2F3NO. The van der Waals surface area contributed by atoms with E-state index in [2.05, 4.69) is 10.1 Å². The predicted molar refractivity (Wildman–Crippen MR) is 61.8 cm³/mol. The summed E-state index contributed by atoms with van der Waals surface area (Å²) < 4.78 is 39.6. The van der Waals surface area contributed by atoms with Crippen LogP contribution in [0, 0.1) is 0 Å². The second kappa shape index (κ2) is 6.33. The summed E-state index contributed by atoms with van der Waals surface area (Å²) >= 11 is 11.5. The van der Waals surface area contributed by atoms with Gasteiger partial charge in [-0.25, -0.2) is 0 Å². The van der Waals surface area contributed by atoms with Gasteiger partial charge >= 0.3 is 6.18 Å². The molecule has 0 aliphatic heterocycles. The fourth-order valence-electron chi connectivity index (χ4n) is 1.11. The van der Waals surface area contributed by atoms with Gasteiger partial charge < -0.3 is 10.1 Å². The minimum atomic E-state index is -4.29. The van der Waals surface area contributed by atoms with E-state index in [0.29, 0.717) is 15.7 Å². The molecule has 0 bridgehead atoms. The van der Waals surface area contributed by atoms with Gasteiger partial charge in [0.1, 0.15) is 6.61 Å². The van der Waals surface area contributed by atoms with Gasteiger partial charge in [0, 0.05) is 22.3 Å². The van der Waals surface area contributed by atoms with Crippen LogP contribution in [0.4, 0.5) is 18.9 Å². The summed E-state index contributed by atoms with van der Waals surface area (Å²) in [4.78, 5) is 0. The molecule has 0 amide bonds. The van der Waals surface area contributed by atoms with Crippen LogP contribution in [0.5, 0.6) is 0 Å². The van der Waals surface area contributed by atoms with Crippen molar-refractivity contribution >= 4 is 28.9 Å². The number of benzene rings is 1. The van der Waals surface area contributed by atoms with Crippen molar-refractivity contribution < 1.29 is 17.9 Å². The van der Waals surface area contributed by atoms with Gasteiger partial charge in [-0.2, -0.15) is 13.2 Å². The summed E-state index contributed by atoms with van der Waals surface area (Å²) in [5, 5.41) is 3.76. The average Bonchev–Trinajstić information content (AvgIpc) is 2.13. The van der Waals surface area contributed by atoms with Gasteiger partial charge in [0.05, 0.1) is 6.61 Å². The van der Waals surface area contributed by atoms with Crippen molar-refractivity contribution in [1.82, 2.24) is 0 Å². The SMILES string of the molecule is FC(F)(F)COCCNc1cc(Cl)cc(Cl)c1. The minimum Gasteiger partial charge on any atom is -0.383 e. The standard InChI is InChI=1S/C10H10Cl2F3NO/c11-7-3-8(12)5-9(4-7)16-1-2-17-6-10(13,14)15/h3-5,16H,1-2,6H2. The quantitative estimate of drug-likeness (QED) is 0.827. The van der Waals surface area contributed by atoms with Crippen molar-refractivity contribution in [2.45, 2.75) is 6.18 Å². The zero-order valence-electron chi connectivity index (χ0n) is 8.65. The Labute approximate surface area is 107 Å². The Bertz CT molecular complexity index is 351. The molecule has 0 saturated heterocycles. The van der Waals surface area contributed by atoms with Gasteiger partial charge in [0.25, 0.3) is 0 Å². The smallest absolute Gasteiger partial charge is 0.383 e. The molecule has 1 aromatic carbocycles. The third-order valence-corrected chi connectivity index (χ3v) is 2.14.